The molecule has 1 fully saturated rings. The third-order valence-electron chi connectivity index (χ3n) is 3.86. The van der Waals surface area contributed by atoms with E-state index >= 15 is 0 Å². The van der Waals surface area contributed by atoms with Gasteiger partial charge in [-0.15, -0.1) is 5.10 Å². The molecule has 1 saturated heterocycles. The number of nitrogens with zero attached hydrogens (tertiary/aromatic N) is 3. The monoisotopic (exact) mass is 266 g/mol. The Morgan fingerprint density at radius 1 is 1.37 bits per heavy atom. The number of aromatic nitrogens is 2. The number of nitrogens with one attached hydrogen (secondary N) is 1. The number of rotatable bonds is 5. The van der Waals surface area contributed by atoms with Gasteiger partial charge in [0.05, 0.1) is 6.04 Å². The maximum atomic E-state index is 5.84. The zero-order valence-corrected chi connectivity index (χ0v) is 12.5. The SMILES string of the molecule is CCCNC(C)c1nnc(N2CC(C)CCC2C)o1. The molecular formula is C14H26N4O. The van der Waals surface area contributed by atoms with E-state index in [2.05, 4.69) is 48.1 Å². The highest BCUT2D eigenvalue weighted by Gasteiger charge is 2.27. The Hall–Kier alpha value is -1.10. The van der Waals surface area contributed by atoms with Gasteiger partial charge in [-0.1, -0.05) is 18.9 Å². The second-order valence-corrected chi connectivity index (χ2v) is 5.78. The molecule has 3 atom stereocenters. The molecule has 0 saturated carbocycles. The van der Waals surface area contributed by atoms with E-state index in [1.807, 2.05) is 0 Å². The standard InChI is InChI=1S/C14H26N4O/c1-5-8-15-12(4)13-16-17-14(19-13)18-9-10(2)6-7-11(18)3/h10-12,15H,5-9H2,1-4H3. The fourth-order valence-corrected chi connectivity index (χ4v) is 2.52. The molecule has 1 aromatic rings. The third kappa shape index (κ3) is 3.47. The zero-order valence-electron chi connectivity index (χ0n) is 12.5. The van der Waals surface area contributed by atoms with Crippen LogP contribution in [0.15, 0.2) is 4.42 Å². The van der Waals surface area contributed by atoms with Crippen molar-refractivity contribution in [2.24, 2.45) is 5.92 Å². The molecule has 0 aliphatic carbocycles. The summed E-state index contributed by atoms with van der Waals surface area (Å²) in [6, 6.07) is 1.29. The molecule has 19 heavy (non-hydrogen) atoms. The van der Waals surface area contributed by atoms with Crippen molar-refractivity contribution in [3.05, 3.63) is 5.89 Å². The summed E-state index contributed by atoms with van der Waals surface area (Å²) in [4.78, 5) is 2.25. The summed E-state index contributed by atoms with van der Waals surface area (Å²) in [6.45, 7) is 10.7. The Morgan fingerprint density at radius 3 is 2.89 bits per heavy atom. The first-order valence-corrected chi connectivity index (χ1v) is 7.45. The molecule has 3 unspecified atom stereocenters. The minimum absolute atomic E-state index is 0.124. The van der Waals surface area contributed by atoms with E-state index in [0.717, 1.165) is 19.5 Å². The van der Waals surface area contributed by atoms with Gasteiger partial charge in [0.15, 0.2) is 0 Å². The van der Waals surface area contributed by atoms with Gasteiger partial charge in [-0.2, -0.15) is 0 Å². The van der Waals surface area contributed by atoms with Crippen LogP contribution < -0.4 is 10.2 Å². The van der Waals surface area contributed by atoms with Gasteiger partial charge in [-0.3, -0.25) is 0 Å². The maximum Gasteiger partial charge on any atom is 0.318 e. The highest BCUT2D eigenvalue weighted by molar-refractivity contribution is 5.27. The van der Waals surface area contributed by atoms with Crippen LogP contribution in [0.2, 0.25) is 0 Å². The Kier molecular flexibility index (Phi) is 4.80. The van der Waals surface area contributed by atoms with Crippen molar-refractivity contribution in [1.29, 1.82) is 0 Å². The Morgan fingerprint density at radius 2 is 2.16 bits per heavy atom. The molecule has 2 rings (SSSR count). The minimum atomic E-state index is 0.124. The van der Waals surface area contributed by atoms with Gasteiger partial charge in [0, 0.05) is 12.6 Å². The van der Waals surface area contributed by atoms with E-state index < -0.39 is 0 Å². The normalized spacial score (nSPS) is 25.6. The Labute approximate surface area is 115 Å². The van der Waals surface area contributed by atoms with Crippen LogP contribution in [0.3, 0.4) is 0 Å². The summed E-state index contributed by atoms with van der Waals surface area (Å²) >= 11 is 0. The molecule has 1 aliphatic heterocycles. The van der Waals surface area contributed by atoms with Gasteiger partial charge in [0.2, 0.25) is 5.89 Å². The molecule has 0 amide bonds. The van der Waals surface area contributed by atoms with Crippen molar-refractivity contribution in [2.75, 3.05) is 18.0 Å². The average molecular weight is 266 g/mol. The van der Waals surface area contributed by atoms with Crippen molar-refractivity contribution >= 4 is 6.01 Å². The van der Waals surface area contributed by atoms with Crippen molar-refractivity contribution in [3.63, 3.8) is 0 Å². The van der Waals surface area contributed by atoms with Crippen LogP contribution in [-0.2, 0) is 0 Å². The molecule has 108 valence electrons. The predicted octanol–water partition coefficient (Wildman–Crippen LogP) is 2.76. The first kappa shape index (κ1) is 14.3. The highest BCUT2D eigenvalue weighted by Crippen LogP contribution is 2.27. The fraction of sp³-hybridized carbons (Fsp3) is 0.857. The van der Waals surface area contributed by atoms with E-state index in [4.69, 9.17) is 4.42 Å². The van der Waals surface area contributed by atoms with Gasteiger partial charge in [0.25, 0.3) is 0 Å². The third-order valence-corrected chi connectivity index (χ3v) is 3.86. The second-order valence-electron chi connectivity index (χ2n) is 5.78. The summed E-state index contributed by atoms with van der Waals surface area (Å²) in [5.41, 5.74) is 0. The molecule has 2 heterocycles. The molecule has 5 nitrogen and oxygen atoms in total. The highest BCUT2D eigenvalue weighted by atomic mass is 16.4. The van der Waals surface area contributed by atoms with E-state index in [0.29, 0.717) is 23.9 Å². The Bertz CT molecular complexity index is 393. The van der Waals surface area contributed by atoms with Crippen LogP contribution in [0.4, 0.5) is 6.01 Å². The molecule has 1 aliphatic rings. The van der Waals surface area contributed by atoms with E-state index in [9.17, 15) is 0 Å². The zero-order chi connectivity index (χ0) is 13.8. The minimum Gasteiger partial charge on any atom is -0.406 e. The van der Waals surface area contributed by atoms with Crippen molar-refractivity contribution in [3.8, 4) is 0 Å². The van der Waals surface area contributed by atoms with Gasteiger partial charge < -0.3 is 14.6 Å². The molecule has 0 bridgehead atoms. The maximum absolute atomic E-state index is 5.84. The van der Waals surface area contributed by atoms with E-state index in [1.165, 1.54) is 12.8 Å². The van der Waals surface area contributed by atoms with Gasteiger partial charge in [0.1, 0.15) is 0 Å². The largest absolute Gasteiger partial charge is 0.406 e. The van der Waals surface area contributed by atoms with Crippen molar-refractivity contribution in [1.82, 2.24) is 15.5 Å². The molecule has 0 spiro atoms. The van der Waals surface area contributed by atoms with Crippen LogP contribution in [-0.4, -0.2) is 29.3 Å². The first-order chi connectivity index (χ1) is 9.11. The van der Waals surface area contributed by atoms with Gasteiger partial charge in [-0.25, -0.2) is 0 Å². The quantitative estimate of drug-likeness (QED) is 0.888. The Balaban J connectivity index is 2.03. The van der Waals surface area contributed by atoms with Crippen LogP contribution in [0.5, 0.6) is 0 Å². The second kappa shape index (κ2) is 6.37. The summed E-state index contributed by atoms with van der Waals surface area (Å²) in [5, 5.41) is 11.8. The lowest BCUT2D eigenvalue weighted by Crippen LogP contribution is -2.41. The van der Waals surface area contributed by atoms with Crippen molar-refractivity contribution in [2.45, 2.75) is 59.0 Å². The lowest BCUT2D eigenvalue weighted by Gasteiger charge is -2.35. The molecule has 5 heteroatoms. The summed E-state index contributed by atoms with van der Waals surface area (Å²) in [7, 11) is 0. The molecular weight excluding hydrogens is 240 g/mol. The number of hydrogen-bond donors (Lipinski definition) is 1. The van der Waals surface area contributed by atoms with Gasteiger partial charge in [-0.05, 0) is 45.6 Å². The molecule has 0 aromatic carbocycles. The number of anilines is 1. The van der Waals surface area contributed by atoms with E-state index in [1.54, 1.807) is 0 Å². The van der Waals surface area contributed by atoms with Gasteiger partial charge >= 0.3 is 6.01 Å². The smallest absolute Gasteiger partial charge is 0.318 e. The first-order valence-electron chi connectivity index (χ1n) is 7.45. The van der Waals surface area contributed by atoms with E-state index in [-0.39, 0.29) is 6.04 Å². The fourth-order valence-electron chi connectivity index (χ4n) is 2.52. The van der Waals surface area contributed by atoms with Crippen molar-refractivity contribution < 1.29 is 4.42 Å². The molecule has 1 aromatic heterocycles. The average Bonchev–Trinajstić information content (AvgIpc) is 2.88. The van der Waals surface area contributed by atoms with Crippen LogP contribution in [0, 0.1) is 5.92 Å². The summed E-state index contributed by atoms with van der Waals surface area (Å²) < 4.78 is 5.84. The lowest BCUT2D eigenvalue weighted by molar-refractivity contribution is 0.352. The van der Waals surface area contributed by atoms with Crippen LogP contribution in [0.25, 0.3) is 0 Å². The summed E-state index contributed by atoms with van der Waals surface area (Å²) in [5.74, 6) is 1.39. The number of piperidine rings is 1. The lowest BCUT2D eigenvalue weighted by atomic mass is 9.96. The predicted molar refractivity (Wildman–Crippen MR) is 76.2 cm³/mol. The summed E-state index contributed by atoms with van der Waals surface area (Å²) in [6.07, 6.45) is 3.58. The topological polar surface area (TPSA) is 54.2 Å². The van der Waals surface area contributed by atoms with Crippen LogP contribution >= 0.6 is 0 Å². The van der Waals surface area contributed by atoms with Crippen LogP contribution in [0.1, 0.15) is 58.9 Å². The molecule has 0 radical (unpaired) electrons. The number of hydrogen-bond acceptors (Lipinski definition) is 5. The molecule has 1 N–H and O–H groups in total.